The quantitative estimate of drug-likeness (QED) is 0.581. The minimum Gasteiger partial charge on any atom is -0.358 e. The Morgan fingerprint density at radius 3 is 2.35 bits per heavy atom. The van der Waals surface area contributed by atoms with Gasteiger partial charge in [0.1, 0.15) is 6.20 Å². The maximum absolute atomic E-state index is 12.5. The van der Waals surface area contributed by atoms with Gasteiger partial charge >= 0.3 is 5.82 Å². The van der Waals surface area contributed by atoms with Crippen molar-refractivity contribution >= 4 is 15.8 Å². The second kappa shape index (κ2) is 4.18. The van der Waals surface area contributed by atoms with Crippen LogP contribution in [0.25, 0.3) is 0 Å². The molecule has 0 bridgehead atoms. The number of hydrogen-bond donors (Lipinski definition) is 2. The molecular weight excluding hydrogens is 264 g/mol. The fourth-order valence-corrected chi connectivity index (χ4v) is 1.67. The van der Waals surface area contributed by atoms with Crippen LogP contribution in [0.4, 0.5) is 14.6 Å². The highest BCUT2D eigenvalue weighted by molar-refractivity contribution is 7.89. The zero-order valence-corrected chi connectivity index (χ0v) is 8.70. The van der Waals surface area contributed by atoms with Gasteiger partial charge in [-0.15, -0.1) is 0 Å². The predicted molar refractivity (Wildman–Crippen MR) is 50.0 cm³/mol. The summed E-state index contributed by atoms with van der Waals surface area (Å²) >= 11 is 0. The van der Waals surface area contributed by atoms with Gasteiger partial charge in [0, 0.05) is 0 Å². The molecule has 1 rings (SSSR count). The lowest BCUT2D eigenvalue weighted by Crippen LogP contribution is -2.25. The lowest BCUT2D eigenvalue weighted by molar-refractivity contribution is -0.391. The molecule has 1 aromatic heterocycles. The number of nitrogens with one attached hydrogen (secondary N) is 1. The Labute approximate surface area is 92.3 Å². The Hall–Kier alpha value is -1.88. The lowest BCUT2D eigenvalue weighted by atomic mass is 10.2. The SMILES string of the molecule is NS(=O)(=O)c1c[nH]c([N+](=O)[O-])c(C(F)F)c1=O. The van der Waals surface area contributed by atoms with E-state index in [2.05, 4.69) is 5.14 Å². The number of aromatic amines is 1. The molecule has 0 spiro atoms. The molecule has 94 valence electrons. The van der Waals surface area contributed by atoms with E-state index < -0.39 is 43.1 Å². The van der Waals surface area contributed by atoms with Crippen LogP contribution in [0.3, 0.4) is 0 Å². The van der Waals surface area contributed by atoms with Gasteiger partial charge in [0.15, 0.2) is 10.5 Å². The Kier molecular flexibility index (Phi) is 3.24. The maximum atomic E-state index is 12.5. The average molecular weight is 269 g/mol. The summed E-state index contributed by atoms with van der Waals surface area (Å²) in [5.74, 6) is -1.27. The van der Waals surface area contributed by atoms with Crippen molar-refractivity contribution < 1.29 is 22.1 Å². The number of sulfonamides is 1. The number of H-pyrrole nitrogens is 1. The molecule has 0 unspecified atom stereocenters. The second-order valence-electron chi connectivity index (χ2n) is 2.85. The first-order valence-electron chi connectivity index (χ1n) is 3.87. The van der Waals surface area contributed by atoms with E-state index in [0.29, 0.717) is 6.20 Å². The average Bonchev–Trinajstić information content (AvgIpc) is 2.13. The van der Waals surface area contributed by atoms with Crippen LogP contribution in [0.5, 0.6) is 0 Å². The number of nitro groups is 1. The van der Waals surface area contributed by atoms with E-state index in [0.717, 1.165) is 0 Å². The van der Waals surface area contributed by atoms with E-state index >= 15 is 0 Å². The van der Waals surface area contributed by atoms with Crippen molar-refractivity contribution in [2.45, 2.75) is 11.3 Å². The zero-order chi connectivity index (χ0) is 13.4. The first-order chi connectivity index (χ1) is 7.66. The molecule has 0 atom stereocenters. The summed E-state index contributed by atoms with van der Waals surface area (Å²) in [4.78, 5) is 21.0. The summed E-state index contributed by atoms with van der Waals surface area (Å²) in [5.41, 5.74) is -3.23. The van der Waals surface area contributed by atoms with E-state index in [4.69, 9.17) is 0 Å². The van der Waals surface area contributed by atoms with E-state index in [9.17, 15) is 32.1 Å². The summed E-state index contributed by atoms with van der Waals surface area (Å²) in [5, 5.41) is 15.0. The van der Waals surface area contributed by atoms with Crippen LogP contribution in [-0.4, -0.2) is 18.3 Å². The van der Waals surface area contributed by atoms with Crippen LogP contribution < -0.4 is 10.6 Å². The van der Waals surface area contributed by atoms with E-state index in [1.54, 1.807) is 4.98 Å². The molecular formula is C6H5F2N3O5S. The molecule has 3 N–H and O–H groups in total. The molecule has 8 nitrogen and oxygen atoms in total. The number of nitrogens with two attached hydrogens (primary N) is 1. The van der Waals surface area contributed by atoms with Gasteiger partial charge < -0.3 is 10.1 Å². The highest BCUT2D eigenvalue weighted by atomic mass is 32.2. The number of pyridine rings is 1. The third-order valence-corrected chi connectivity index (χ3v) is 2.69. The summed E-state index contributed by atoms with van der Waals surface area (Å²) in [6.45, 7) is 0. The zero-order valence-electron chi connectivity index (χ0n) is 7.88. The van der Waals surface area contributed by atoms with Crippen molar-refractivity contribution in [2.75, 3.05) is 0 Å². The van der Waals surface area contributed by atoms with Crippen LogP contribution in [-0.2, 0) is 10.0 Å². The molecule has 0 saturated carbocycles. The third-order valence-electron chi connectivity index (χ3n) is 1.77. The standard InChI is InChI=1S/C6H5F2N3O5S/c7-5(8)3-4(12)2(17(9,15)16)1-10-6(3)11(13)14/h1,5H,(H,10,12)(H2,9,15,16). The fourth-order valence-electron chi connectivity index (χ4n) is 1.08. The van der Waals surface area contributed by atoms with Crippen LogP contribution in [0, 0.1) is 10.1 Å². The smallest absolute Gasteiger partial charge is 0.333 e. The van der Waals surface area contributed by atoms with Crippen molar-refractivity contribution in [1.82, 2.24) is 4.98 Å². The van der Waals surface area contributed by atoms with Gasteiger partial charge in [0.05, 0.1) is 0 Å². The van der Waals surface area contributed by atoms with Gasteiger partial charge in [-0.2, -0.15) is 0 Å². The molecule has 0 amide bonds. The number of hydrogen-bond acceptors (Lipinski definition) is 5. The Morgan fingerprint density at radius 1 is 1.47 bits per heavy atom. The molecule has 1 aromatic rings. The monoisotopic (exact) mass is 269 g/mol. The Balaban J connectivity index is 3.74. The van der Waals surface area contributed by atoms with Crippen molar-refractivity contribution in [3.63, 3.8) is 0 Å². The summed E-state index contributed by atoms with van der Waals surface area (Å²) in [6, 6.07) is 0. The normalized spacial score (nSPS) is 11.8. The molecule has 0 aliphatic heterocycles. The van der Waals surface area contributed by atoms with Crippen LogP contribution >= 0.6 is 0 Å². The van der Waals surface area contributed by atoms with Crippen molar-refractivity contribution in [2.24, 2.45) is 5.14 Å². The largest absolute Gasteiger partial charge is 0.358 e. The number of alkyl halides is 2. The number of aromatic nitrogens is 1. The highest BCUT2D eigenvalue weighted by Gasteiger charge is 2.30. The molecule has 0 aliphatic carbocycles. The minimum atomic E-state index is -4.53. The van der Waals surface area contributed by atoms with Crippen LogP contribution in [0.15, 0.2) is 15.9 Å². The van der Waals surface area contributed by atoms with Gasteiger partial charge in [-0.1, -0.05) is 0 Å². The summed E-state index contributed by atoms with van der Waals surface area (Å²) in [6.07, 6.45) is -3.09. The molecule has 0 fully saturated rings. The third kappa shape index (κ3) is 2.45. The van der Waals surface area contributed by atoms with Crippen LogP contribution in [0.2, 0.25) is 0 Å². The lowest BCUT2D eigenvalue weighted by Gasteiger charge is -2.03. The molecule has 0 saturated heterocycles. The van der Waals surface area contributed by atoms with Crippen molar-refractivity contribution in [1.29, 1.82) is 0 Å². The van der Waals surface area contributed by atoms with Gasteiger partial charge in [-0.25, -0.2) is 27.3 Å². The van der Waals surface area contributed by atoms with Gasteiger partial charge in [-0.05, 0) is 4.92 Å². The first-order valence-corrected chi connectivity index (χ1v) is 5.41. The number of halogens is 2. The van der Waals surface area contributed by atoms with E-state index in [-0.39, 0.29) is 0 Å². The summed E-state index contributed by atoms with van der Waals surface area (Å²) in [7, 11) is -4.53. The number of rotatable bonds is 3. The number of nitrogens with zero attached hydrogens (tertiary/aromatic N) is 1. The topological polar surface area (TPSA) is 136 Å². The van der Waals surface area contributed by atoms with E-state index in [1.807, 2.05) is 0 Å². The maximum Gasteiger partial charge on any atom is 0.333 e. The number of primary sulfonamides is 1. The first kappa shape index (κ1) is 13.2. The molecule has 1 heterocycles. The molecule has 0 aliphatic rings. The van der Waals surface area contributed by atoms with Crippen molar-refractivity contribution in [3.8, 4) is 0 Å². The molecule has 11 heteroatoms. The fraction of sp³-hybridized carbons (Fsp3) is 0.167. The Morgan fingerprint density at radius 2 is 2.00 bits per heavy atom. The van der Waals surface area contributed by atoms with Crippen molar-refractivity contribution in [3.05, 3.63) is 32.1 Å². The predicted octanol–water partition coefficient (Wildman–Crippen LogP) is -0.132. The molecule has 0 radical (unpaired) electrons. The molecule has 17 heavy (non-hydrogen) atoms. The molecule has 0 aromatic carbocycles. The summed E-state index contributed by atoms with van der Waals surface area (Å²) < 4.78 is 46.6. The van der Waals surface area contributed by atoms with Gasteiger partial charge in [0.25, 0.3) is 6.43 Å². The van der Waals surface area contributed by atoms with E-state index in [1.165, 1.54) is 0 Å². The Bertz CT molecular complexity index is 623. The minimum absolute atomic E-state index is 0.404. The van der Waals surface area contributed by atoms with Crippen LogP contribution in [0.1, 0.15) is 12.0 Å². The highest BCUT2D eigenvalue weighted by Crippen LogP contribution is 2.24. The van der Waals surface area contributed by atoms with Gasteiger partial charge in [-0.3, -0.25) is 4.79 Å². The second-order valence-corrected chi connectivity index (χ2v) is 4.38. The van der Waals surface area contributed by atoms with Gasteiger partial charge in [0.2, 0.25) is 15.5 Å².